The minimum absolute atomic E-state index is 0.476. The van der Waals surface area contributed by atoms with Crippen molar-refractivity contribution in [2.24, 2.45) is 17.8 Å². The molecule has 2 nitrogen and oxygen atoms in total. The number of hydrogen-bond acceptors (Lipinski definition) is 3. The third-order valence-electron chi connectivity index (χ3n) is 4.77. The molecule has 1 aromatic heterocycles. The molecule has 0 saturated heterocycles. The Bertz CT molecular complexity index is 387. The minimum Gasteiger partial charge on any atom is -0.312 e. The minimum atomic E-state index is 0.476. The van der Waals surface area contributed by atoms with Gasteiger partial charge in [-0.1, -0.05) is 6.42 Å². The van der Waals surface area contributed by atoms with Crippen LogP contribution in [-0.2, 0) is 0 Å². The summed E-state index contributed by atoms with van der Waals surface area (Å²) in [6.45, 7) is 2.10. The van der Waals surface area contributed by atoms with Gasteiger partial charge in [0, 0.05) is 5.38 Å². The van der Waals surface area contributed by atoms with Crippen molar-refractivity contribution in [2.45, 2.75) is 45.1 Å². The molecule has 0 amide bonds. The molecule has 1 heterocycles. The summed E-state index contributed by atoms with van der Waals surface area (Å²) in [5, 5.41) is 6.88. The van der Waals surface area contributed by atoms with Crippen LogP contribution in [0, 0.1) is 24.7 Å². The highest BCUT2D eigenvalue weighted by atomic mass is 32.1. The third kappa shape index (κ3) is 2.27. The first-order valence-corrected chi connectivity index (χ1v) is 7.73. The highest BCUT2D eigenvalue weighted by molar-refractivity contribution is 7.09. The molecular weight excluding hydrogens is 228 g/mol. The molecule has 2 aliphatic carbocycles. The number of aromatic nitrogens is 1. The lowest BCUT2D eigenvalue weighted by Crippen LogP contribution is -2.22. The number of thiazole rings is 1. The van der Waals surface area contributed by atoms with Crippen molar-refractivity contribution >= 4 is 11.3 Å². The van der Waals surface area contributed by atoms with Gasteiger partial charge in [-0.2, -0.15) is 0 Å². The quantitative estimate of drug-likeness (QED) is 0.884. The van der Waals surface area contributed by atoms with Gasteiger partial charge >= 0.3 is 0 Å². The van der Waals surface area contributed by atoms with Gasteiger partial charge in [0.25, 0.3) is 0 Å². The predicted molar refractivity (Wildman–Crippen MR) is 72.2 cm³/mol. The first kappa shape index (κ1) is 11.7. The molecule has 0 aliphatic heterocycles. The second-order valence-corrected chi connectivity index (χ2v) is 6.87. The number of nitrogens with one attached hydrogen (secondary N) is 1. The van der Waals surface area contributed by atoms with Gasteiger partial charge in [-0.3, -0.25) is 0 Å². The summed E-state index contributed by atoms with van der Waals surface area (Å²) < 4.78 is 0. The van der Waals surface area contributed by atoms with Crippen LogP contribution in [0.2, 0.25) is 0 Å². The van der Waals surface area contributed by atoms with Crippen LogP contribution in [0.3, 0.4) is 0 Å². The molecule has 3 rings (SSSR count). The Hall–Kier alpha value is -0.410. The Morgan fingerprint density at radius 1 is 1.47 bits per heavy atom. The average Bonchev–Trinajstić information content (AvgIpc) is 3.01. The fourth-order valence-corrected chi connectivity index (χ4v) is 4.56. The molecule has 2 fully saturated rings. The van der Waals surface area contributed by atoms with Crippen molar-refractivity contribution in [3.05, 3.63) is 16.1 Å². The van der Waals surface area contributed by atoms with E-state index in [9.17, 15) is 0 Å². The number of hydrogen-bond donors (Lipinski definition) is 1. The fourth-order valence-electron chi connectivity index (χ4n) is 3.89. The molecule has 1 aromatic rings. The second-order valence-electron chi connectivity index (χ2n) is 5.80. The third-order valence-corrected chi connectivity index (χ3v) is 5.56. The Morgan fingerprint density at radius 3 is 2.88 bits per heavy atom. The Balaban J connectivity index is 1.66. The number of fused-ring (bicyclic) bond motifs is 2. The summed E-state index contributed by atoms with van der Waals surface area (Å²) in [5.74, 6) is 3.03. The molecule has 3 heteroatoms. The van der Waals surface area contributed by atoms with Crippen LogP contribution in [0.1, 0.15) is 48.8 Å². The van der Waals surface area contributed by atoms with Gasteiger partial charge in [-0.05, 0) is 57.4 Å². The Kier molecular flexibility index (Phi) is 3.22. The molecular formula is C14H22N2S. The maximum absolute atomic E-state index is 4.64. The van der Waals surface area contributed by atoms with Crippen LogP contribution in [0.4, 0.5) is 0 Å². The SMILES string of the molecule is CNC(CC1CC2CCC1C2)c1csc(C)n1. The fraction of sp³-hybridized carbons (Fsp3) is 0.786. The predicted octanol–water partition coefficient (Wildman–Crippen LogP) is 3.54. The van der Waals surface area contributed by atoms with Crippen LogP contribution in [-0.4, -0.2) is 12.0 Å². The summed E-state index contributed by atoms with van der Waals surface area (Å²) in [5.41, 5.74) is 1.26. The second kappa shape index (κ2) is 4.69. The van der Waals surface area contributed by atoms with Crippen molar-refractivity contribution in [1.82, 2.24) is 10.3 Å². The first-order valence-electron chi connectivity index (χ1n) is 6.85. The molecule has 2 saturated carbocycles. The summed E-state index contributed by atoms with van der Waals surface area (Å²) in [4.78, 5) is 4.64. The largest absolute Gasteiger partial charge is 0.312 e. The first-order chi connectivity index (χ1) is 8.26. The van der Waals surface area contributed by atoms with Crippen LogP contribution in [0.5, 0.6) is 0 Å². The molecule has 2 bridgehead atoms. The Morgan fingerprint density at radius 2 is 2.35 bits per heavy atom. The molecule has 4 atom stereocenters. The monoisotopic (exact) mass is 250 g/mol. The number of rotatable bonds is 4. The van der Waals surface area contributed by atoms with Crippen LogP contribution in [0.25, 0.3) is 0 Å². The lowest BCUT2D eigenvalue weighted by atomic mass is 9.84. The smallest absolute Gasteiger partial charge is 0.0898 e. The van der Waals surface area contributed by atoms with E-state index < -0.39 is 0 Å². The van der Waals surface area contributed by atoms with Crippen molar-refractivity contribution in [3.8, 4) is 0 Å². The highest BCUT2D eigenvalue weighted by Gasteiger charge is 2.40. The molecule has 0 aromatic carbocycles. The maximum Gasteiger partial charge on any atom is 0.0898 e. The topological polar surface area (TPSA) is 24.9 Å². The van der Waals surface area contributed by atoms with E-state index in [0.717, 1.165) is 17.8 Å². The van der Waals surface area contributed by atoms with Gasteiger partial charge in [0.2, 0.25) is 0 Å². The zero-order valence-electron chi connectivity index (χ0n) is 10.8. The van der Waals surface area contributed by atoms with E-state index >= 15 is 0 Å². The van der Waals surface area contributed by atoms with Crippen molar-refractivity contribution in [3.63, 3.8) is 0 Å². The van der Waals surface area contributed by atoms with E-state index in [-0.39, 0.29) is 0 Å². The molecule has 0 spiro atoms. The van der Waals surface area contributed by atoms with Gasteiger partial charge in [0.05, 0.1) is 16.7 Å². The van der Waals surface area contributed by atoms with E-state index in [1.807, 2.05) is 0 Å². The van der Waals surface area contributed by atoms with E-state index in [1.165, 1.54) is 42.8 Å². The van der Waals surface area contributed by atoms with Gasteiger partial charge in [0.15, 0.2) is 0 Å². The molecule has 1 N–H and O–H groups in total. The van der Waals surface area contributed by atoms with Gasteiger partial charge in [-0.15, -0.1) is 11.3 Å². The molecule has 94 valence electrons. The van der Waals surface area contributed by atoms with Gasteiger partial charge < -0.3 is 5.32 Å². The normalized spacial score (nSPS) is 33.2. The van der Waals surface area contributed by atoms with Crippen LogP contribution < -0.4 is 5.32 Å². The average molecular weight is 250 g/mol. The lowest BCUT2D eigenvalue weighted by molar-refractivity contribution is 0.282. The lowest BCUT2D eigenvalue weighted by Gasteiger charge is -2.25. The van der Waals surface area contributed by atoms with Crippen molar-refractivity contribution < 1.29 is 0 Å². The maximum atomic E-state index is 4.64. The standard InChI is InChI=1S/C14H22N2S/c1-9-16-14(8-17-9)13(15-2)7-12-6-10-3-4-11(12)5-10/h8,10-13,15H,3-7H2,1-2H3. The highest BCUT2D eigenvalue weighted by Crippen LogP contribution is 2.50. The van der Waals surface area contributed by atoms with Crippen LogP contribution in [0.15, 0.2) is 5.38 Å². The summed E-state index contributed by atoms with van der Waals surface area (Å²) >= 11 is 1.77. The zero-order chi connectivity index (χ0) is 11.8. The zero-order valence-corrected chi connectivity index (χ0v) is 11.6. The summed E-state index contributed by atoms with van der Waals surface area (Å²) in [6.07, 6.45) is 7.27. The van der Waals surface area contributed by atoms with E-state index in [2.05, 4.69) is 29.7 Å². The Labute approximate surface area is 108 Å². The summed E-state index contributed by atoms with van der Waals surface area (Å²) in [7, 11) is 2.08. The number of aryl methyl sites for hydroxylation is 1. The molecule has 2 aliphatic rings. The van der Waals surface area contributed by atoms with Crippen molar-refractivity contribution in [1.29, 1.82) is 0 Å². The van der Waals surface area contributed by atoms with E-state index in [0.29, 0.717) is 6.04 Å². The molecule has 0 radical (unpaired) electrons. The van der Waals surface area contributed by atoms with Crippen LogP contribution >= 0.6 is 11.3 Å². The number of nitrogens with zero attached hydrogens (tertiary/aromatic N) is 1. The van der Waals surface area contributed by atoms with Gasteiger partial charge in [0.1, 0.15) is 0 Å². The van der Waals surface area contributed by atoms with Gasteiger partial charge in [-0.25, -0.2) is 4.98 Å². The van der Waals surface area contributed by atoms with Crippen molar-refractivity contribution in [2.75, 3.05) is 7.05 Å². The molecule has 4 unspecified atom stereocenters. The molecule has 17 heavy (non-hydrogen) atoms. The summed E-state index contributed by atoms with van der Waals surface area (Å²) in [6, 6.07) is 0.476. The van der Waals surface area contributed by atoms with E-state index in [1.54, 1.807) is 11.3 Å². The van der Waals surface area contributed by atoms with E-state index in [4.69, 9.17) is 0 Å².